The number of aliphatic hydroxyl groups is 2. The van der Waals surface area contributed by atoms with Gasteiger partial charge in [0.25, 0.3) is 0 Å². The molecule has 0 aromatic heterocycles. The third-order valence-electron chi connectivity index (χ3n) is 6.91. The minimum absolute atomic E-state index is 0.0350. The summed E-state index contributed by atoms with van der Waals surface area (Å²) in [5.41, 5.74) is 4.26. The van der Waals surface area contributed by atoms with Gasteiger partial charge in [0, 0.05) is 16.7 Å². The smallest absolute Gasteiger partial charge is 0.0783 e. The molecule has 0 saturated heterocycles. The molecule has 0 heterocycles. The first-order valence-corrected chi connectivity index (χ1v) is 8.52. The first-order valence-electron chi connectivity index (χ1n) is 8.52. The fraction of sp³-hybridized carbons (Fsp3) is 0.600. The summed E-state index contributed by atoms with van der Waals surface area (Å²) < 4.78 is 0. The lowest BCUT2D eigenvalue weighted by Gasteiger charge is -2.53. The van der Waals surface area contributed by atoms with Gasteiger partial charge >= 0.3 is 0 Å². The van der Waals surface area contributed by atoms with Crippen molar-refractivity contribution in [1.82, 2.24) is 0 Å². The summed E-state index contributed by atoms with van der Waals surface area (Å²) >= 11 is 0. The van der Waals surface area contributed by atoms with Crippen LogP contribution in [0.3, 0.4) is 0 Å². The van der Waals surface area contributed by atoms with Crippen molar-refractivity contribution in [3.8, 4) is 0 Å². The molecule has 0 unspecified atom stereocenters. The van der Waals surface area contributed by atoms with Crippen molar-refractivity contribution in [2.45, 2.75) is 52.2 Å². The summed E-state index contributed by atoms with van der Waals surface area (Å²) in [6.07, 6.45) is 13.0. The zero-order valence-electron chi connectivity index (χ0n) is 13.7. The molecule has 1 fully saturated rings. The minimum Gasteiger partial charge on any atom is -0.389 e. The second-order valence-corrected chi connectivity index (χ2v) is 8.13. The van der Waals surface area contributed by atoms with Crippen LogP contribution in [0.5, 0.6) is 0 Å². The van der Waals surface area contributed by atoms with Gasteiger partial charge in [0.2, 0.25) is 0 Å². The van der Waals surface area contributed by atoms with Gasteiger partial charge in [-0.25, -0.2) is 0 Å². The summed E-state index contributed by atoms with van der Waals surface area (Å²) in [5, 5.41) is 20.4. The van der Waals surface area contributed by atoms with Crippen LogP contribution in [-0.4, -0.2) is 22.4 Å². The molecule has 0 amide bonds. The van der Waals surface area contributed by atoms with Gasteiger partial charge in [0.15, 0.2) is 0 Å². The molecule has 0 aliphatic heterocycles. The second kappa shape index (κ2) is 4.46. The molecule has 0 bridgehead atoms. The Morgan fingerprint density at radius 2 is 1.91 bits per heavy atom. The van der Waals surface area contributed by atoms with Gasteiger partial charge < -0.3 is 10.2 Å². The van der Waals surface area contributed by atoms with Gasteiger partial charge in [-0.2, -0.15) is 0 Å². The molecule has 4 rings (SSSR count). The number of hydrogen-bond donors (Lipinski definition) is 2. The number of hydrogen-bond acceptors (Lipinski definition) is 2. The quantitative estimate of drug-likeness (QED) is 0.672. The van der Waals surface area contributed by atoms with Crippen LogP contribution in [0.4, 0.5) is 0 Å². The van der Waals surface area contributed by atoms with Crippen LogP contribution in [0.25, 0.3) is 0 Å². The molecular formula is C20H26O2. The molecule has 22 heavy (non-hydrogen) atoms. The van der Waals surface area contributed by atoms with E-state index in [0.717, 1.165) is 19.3 Å². The molecule has 0 aromatic carbocycles. The summed E-state index contributed by atoms with van der Waals surface area (Å²) in [6, 6.07) is 0. The molecule has 1 saturated carbocycles. The average Bonchev–Trinajstić information content (AvgIpc) is 2.77. The highest BCUT2D eigenvalue weighted by molar-refractivity contribution is 5.48. The Morgan fingerprint density at radius 1 is 1.14 bits per heavy atom. The molecule has 0 aromatic rings. The highest BCUT2D eigenvalue weighted by Crippen LogP contribution is 2.61. The lowest BCUT2D eigenvalue weighted by atomic mass is 9.51. The molecule has 4 aliphatic carbocycles. The Hall–Kier alpha value is -1.12. The third kappa shape index (κ3) is 1.68. The molecular weight excluding hydrogens is 272 g/mol. The van der Waals surface area contributed by atoms with Crippen molar-refractivity contribution in [2.75, 3.05) is 0 Å². The maximum absolute atomic E-state index is 10.4. The SMILES string of the molecule is CC1=C2[C@@H]3C=C[C@H](O)[C@@]3(C)CC[C@@H]2[C@@]2(C)C=C[C@H](O)CC2=C1. The van der Waals surface area contributed by atoms with Gasteiger partial charge in [0.1, 0.15) is 0 Å². The highest BCUT2D eigenvalue weighted by Gasteiger charge is 2.54. The van der Waals surface area contributed by atoms with E-state index in [4.69, 9.17) is 0 Å². The zero-order valence-corrected chi connectivity index (χ0v) is 13.7. The molecule has 118 valence electrons. The van der Waals surface area contributed by atoms with Crippen LogP contribution < -0.4 is 0 Å². The van der Waals surface area contributed by atoms with Crippen LogP contribution in [0.15, 0.2) is 47.1 Å². The normalized spacial score (nSPS) is 49.6. The molecule has 2 N–H and O–H groups in total. The second-order valence-electron chi connectivity index (χ2n) is 8.13. The van der Waals surface area contributed by atoms with Crippen molar-refractivity contribution in [3.05, 3.63) is 47.1 Å². The fourth-order valence-electron chi connectivity index (χ4n) is 5.40. The summed E-state index contributed by atoms with van der Waals surface area (Å²) in [6.45, 7) is 6.78. The topological polar surface area (TPSA) is 40.5 Å². The van der Waals surface area contributed by atoms with Crippen LogP contribution >= 0.6 is 0 Å². The van der Waals surface area contributed by atoms with Gasteiger partial charge in [-0.3, -0.25) is 0 Å². The first kappa shape index (κ1) is 14.5. The van der Waals surface area contributed by atoms with Crippen LogP contribution in [-0.2, 0) is 0 Å². The Labute approximate surface area is 132 Å². The van der Waals surface area contributed by atoms with Crippen LogP contribution in [0.2, 0.25) is 0 Å². The maximum atomic E-state index is 10.4. The van der Waals surface area contributed by atoms with Gasteiger partial charge in [0.05, 0.1) is 12.2 Å². The third-order valence-corrected chi connectivity index (χ3v) is 6.91. The molecule has 2 nitrogen and oxygen atoms in total. The maximum Gasteiger partial charge on any atom is 0.0783 e. The number of rotatable bonds is 0. The number of aliphatic hydroxyl groups excluding tert-OH is 2. The highest BCUT2D eigenvalue weighted by atomic mass is 16.3. The van der Waals surface area contributed by atoms with Crippen molar-refractivity contribution < 1.29 is 10.2 Å². The predicted octanol–water partition coefficient (Wildman–Crippen LogP) is 3.53. The largest absolute Gasteiger partial charge is 0.389 e. The van der Waals surface area contributed by atoms with E-state index < -0.39 is 0 Å². The summed E-state index contributed by atoms with van der Waals surface area (Å²) in [7, 11) is 0. The standard InChI is InChI=1S/C20H26O2/c1-12-10-13-11-14(21)6-8-19(13,2)16-7-9-20(3)15(18(12)16)4-5-17(20)22/h4-6,8,10,14-17,21-22H,7,9,11H2,1-3H3/t14-,15-,16-,17-,19-,20-/m0/s1. The monoisotopic (exact) mass is 298 g/mol. The zero-order chi connectivity index (χ0) is 15.7. The van der Waals surface area contributed by atoms with E-state index in [1.165, 1.54) is 16.7 Å². The van der Waals surface area contributed by atoms with Crippen molar-refractivity contribution in [1.29, 1.82) is 0 Å². The van der Waals surface area contributed by atoms with Crippen molar-refractivity contribution in [2.24, 2.45) is 22.7 Å². The Balaban J connectivity index is 1.85. The van der Waals surface area contributed by atoms with Gasteiger partial charge in [-0.1, -0.05) is 60.9 Å². The fourth-order valence-corrected chi connectivity index (χ4v) is 5.40. The van der Waals surface area contributed by atoms with E-state index >= 15 is 0 Å². The van der Waals surface area contributed by atoms with Crippen LogP contribution in [0.1, 0.15) is 40.0 Å². The Kier molecular flexibility index (Phi) is 2.93. The molecule has 2 heteroatoms. The first-order chi connectivity index (χ1) is 10.4. The number of fused-ring (bicyclic) bond motifs is 5. The Morgan fingerprint density at radius 3 is 2.68 bits per heavy atom. The van der Waals surface area contributed by atoms with Gasteiger partial charge in [-0.15, -0.1) is 0 Å². The van der Waals surface area contributed by atoms with E-state index in [2.05, 4.69) is 39.0 Å². The lowest BCUT2D eigenvalue weighted by Crippen LogP contribution is -2.46. The number of allylic oxidation sites excluding steroid dienone is 5. The van der Waals surface area contributed by atoms with Crippen molar-refractivity contribution >= 4 is 0 Å². The van der Waals surface area contributed by atoms with Gasteiger partial charge in [-0.05, 0) is 32.1 Å². The van der Waals surface area contributed by atoms with E-state index in [0.29, 0.717) is 11.8 Å². The average molecular weight is 298 g/mol. The lowest BCUT2D eigenvalue weighted by molar-refractivity contribution is 0.0262. The summed E-state index contributed by atoms with van der Waals surface area (Å²) in [5.74, 6) is 0.861. The van der Waals surface area contributed by atoms with E-state index in [1.54, 1.807) is 0 Å². The predicted molar refractivity (Wildman–Crippen MR) is 88.1 cm³/mol. The molecule has 0 radical (unpaired) electrons. The van der Waals surface area contributed by atoms with E-state index in [9.17, 15) is 10.2 Å². The molecule has 6 atom stereocenters. The van der Waals surface area contributed by atoms with Crippen molar-refractivity contribution in [3.63, 3.8) is 0 Å². The summed E-state index contributed by atoms with van der Waals surface area (Å²) in [4.78, 5) is 0. The molecule has 0 spiro atoms. The minimum atomic E-state index is -0.337. The van der Waals surface area contributed by atoms with E-state index in [1.807, 2.05) is 12.2 Å². The Bertz CT molecular complexity index is 638. The molecule has 4 aliphatic rings. The van der Waals surface area contributed by atoms with Crippen LogP contribution in [0, 0.1) is 22.7 Å². The van der Waals surface area contributed by atoms with E-state index in [-0.39, 0.29) is 23.0 Å².